The molecule has 0 saturated carbocycles. The highest BCUT2D eigenvalue weighted by atomic mass is 32.2. The summed E-state index contributed by atoms with van der Waals surface area (Å²) in [5.41, 5.74) is 0. The molecular formula is C9H18N2O5S. The second-order valence-corrected chi connectivity index (χ2v) is 5.69. The molecule has 0 heterocycles. The molecule has 0 aromatic carbocycles. The number of amides is 1. The number of sulfonamides is 1. The van der Waals surface area contributed by atoms with E-state index in [0.717, 1.165) is 13.3 Å². The molecule has 0 rings (SSSR count). The molecule has 7 nitrogen and oxygen atoms in total. The zero-order valence-electron chi connectivity index (χ0n) is 10.1. The largest absolute Gasteiger partial charge is 0.480 e. The van der Waals surface area contributed by atoms with Crippen LogP contribution in [0.5, 0.6) is 0 Å². The summed E-state index contributed by atoms with van der Waals surface area (Å²) in [5.74, 6) is -1.94. The lowest BCUT2D eigenvalue weighted by Crippen LogP contribution is -2.48. The van der Waals surface area contributed by atoms with Crippen LogP contribution < -0.4 is 10.0 Å². The molecule has 0 saturated heterocycles. The number of rotatable bonds is 7. The van der Waals surface area contributed by atoms with Gasteiger partial charge in [-0.2, -0.15) is 0 Å². The molecule has 100 valence electrons. The Morgan fingerprint density at radius 3 is 2.24 bits per heavy atom. The normalized spacial score (nSPS) is 15.0. The summed E-state index contributed by atoms with van der Waals surface area (Å²) in [5, 5.41) is 9.51. The number of hydrogen-bond acceptors (Lipinski definition) is 4. The molecule has 8 heteroatoms. The van der Waals surface area contributed by atoms with E-state index in [-0.39, 0.29) is 0 Å². The highest BCUT2D eigenvalue weighted by Gasteiger charge is 2.30. The summed E-state index contributed by atoms with van der Waals surface area (Å²) in [4.78, 5) is 21.9. The third-order valence-electron chi connectivity index (χ3n) is 2.10. The third kappa shape index (κ3) is 5.14. The van der Waals surface area contributed by atoms with Crippen LogP contribution in [0, 0.1) is 0 Å². The van der Waals surface area contributed by atoms with Crippen molar-refractivity contribution in [3.05, 3.63) is 0 Å². The van der Waals surface area contributed by atoms with Crippen molar-refractivity contribution in [1.82, 2.24) is 10.0 Å². The molecule has 1 amide bonds. The lowest BCUT2D eigenvalue weighted by Gasteiger charge is -2.15. The lowest BCUT2D eigenvalue weighted by molar-refractivity contribution is -0.136. The van der Waals surface area contributed by atoms with Crippen LogP contribution >= 0.6 is 0 Å². The fourth-order valence-electron chi connectivity index (χ4n) is 0.936. The predicted molar refractivity (Wildman–Crippen MR) is 61.9 cm³/mol. The Hall–Kier alpha value is -1.15. The minimum Gasteiger partial charge on any atom is -0.480 e. The monoisotopic (exact) mass is 266 g/mol. The highest BCUT2D eigenvalue weighted by molar-refractivity contribution is 7.90. The van der Waals surface area contributed by atoms with Gasteiger partial charge in [-0.25, -0.2) is 13.1 Å². The van der Waals surface area contributed by atoms with Crippen molar-refractivity contribution in [2.75, 3.05) is 6.54 Å². The molecule has 0 aromatic rings. The molecule has 0 aromatic heterocycles. The van der Waals surface area contributed by atoms with Gasteiger partial charge in [-0.3, -0.25) is 9.59 Å². The van der Waals surface area contributed by atoms with E-state index in [1.807, 2.05) is 11.6 Å². The Kier molecular flexibility index (Phi) is 6.11. The van der Waals surface area contributed by atoms with E-state index in [9.17, 15) is 18.0 Å². The summed E-state index contributed by atoms with van der Waals surface area (Å²) < 4.78 is 25.0. The molecule has 0 fully saturated rings. The van der Waals surface area contributed by atoms with E-state index >= 15 is 0 Å². The maximum Gasteiger partial charge on any atom is 0.323 e. The van der Waals surface area contributed by atoms with Crippen LogP contribution in [-0.2, 0) is 19.6 Å². The van der Waals surface area contributed by atoms with Crippen molar-refractivity contribution in [1.29, 1.82) is 0 Å². The highest BCUT2D eigenvalue weighted by Crippen LogP contribution is 2.00. The third-order valence-corrected chi connectivity index (χ3v) is 3.91. The Morgan fingerprint density at radius 1 is 1.29 bits per heavy atom. The SMILES string of the molecule is CCCNC(=O)C(C)NS(=O)(=O)C(C)C(=O)O. The minimum absolute atomic E-state index is 0.444. The fourth-order valence-corrected chi connectivity index (χ4v) is 2.01. The van der Waals surface area contributed by atoms with Gasteiger partial charge in [0, 0.05) is 6.54 Å². The van der Waals surface area contributed by atoms with Gasteiger partial charge in [-0.05, 0) is 20.3 Å². The Morgan fingerprint density at radius 2 is 1.82 bits per heavy atom. The van der Waals surface area contributed by atoms with Gasteiger partial charge in [0.1, 0.15) is 0 Å². The maximum atomic E-state index is 11.5. The van der Waals surface area contributed by atoms with Gasteiger partial charge < -0.3 is 10.4 Å². The van der Waals surface area contributed by atoms with E-state index in [2.05, 4.69) is 5.32 Å². The predicted octanol–water partition coefficient (Wildman–Crippen LogP) is -0.706. The van der Waals surface area contributed by atoms with Crippen molar-refractivity contribution in [3.63, 3.8) is 0 Å². The second kappa shape index (κ2) is 6.55. The smallest absolute Gasteiger partial charge is 0.323 e. The average Bonchev–Trinajstić information content (AvgIpc) is 2.23. The first-order chi connectivity index (χ1) is 7.72. The molecule has 0 spiro atoms. The standard InChI is InChI=1S/C9H18N2O5S/c1-4-5-10-8(12)6(2)11-17(15,16)7(3)9(13)14/h6-7,11H,4-5H2,1-3H3,(H,10,12)(H,13,14). The molecule has 0 bridgehead atoms. The average molecular weight is 266 g/mol. The molecule has 0 radical (unpaired) electrons. The molecule has 0 aliphatic carbocycles. The van der Waals surface area contributed by atoms with Crippen molar-refractivity contribution in [3.8, 4) is 0 Å². The van der Waals surface area contributed by atoms with Crippen LogP contribution in [0.4, 0.5) is 0 Å². The summed E-state index contributed by atoms with van der Waals surface area (Å²) in [7, 11) is -4.04. The van der Waals surface area contributed by atoms with Crippen LogP contribution in [0.1, 0.15) is 27.2 Å². The first kappa shape index (κ1) is 15.9. The van der Waals surface area contributed by atoms with Crippen LogP contribution in [0.2, 0.25) is 0 Å². The van der Waals surface area contributed by atoms with Gasteiger partial charge in [0.15, 0.2) is 5.25 Å². The van der Waals surface area contributed by atoms with Gasteiger partial charge in [0.2, 0.25) is 15.9 Å². The van der Waals surface area contributed by atoms with E-state index in [0.29, 0.717) is 6.54 Å². The quantitative estimate of drug-likeness (QED) is 0.563. The Bertz CT molecular complexity index is 379. The molecule has 2 unspecified atom stereocenters. The zero-order valence-corrected chi connectivity index (χ0v) is 10.9. The molecule has 2 atom stereocenters. The number of carbonyl (C=O) groups excluding carboxylic acids is 1. The van der Waals surface area contributed by atoms with Crippen LogP contribution in [0.15, 0.2) is 0 Å². The van der Waals surface area contributed by atoms with Gasteiger partial charge >= 0.3 is 5.97 Å². The van der Waals surface area contributed by atoms with Crippen molar-refractivity contribution in [2.24, 2.45) is 0 Å². The van der Waals surface area contributed by atoms with Crippen LogP contribution in [0.3, 0.4) is 0 Å². The summed E-state index contributed by atoms with van der Waals surface area (Å²) >= 11 is 0. The first-order valence-electron chi connectivity index (χ1n) is 5.24. The van der Waals surface area contributed by atoms with Gasteiger partial charge in [0.25, 0.3) is 0 Å². The topological polar surface area (TPSA) is 113 Å². The number of nitrogens with one attached hydrogen (secondary N) is 2. The number of aliphatic carboxylic acids is 1. The number of carboxylic acids is 1. The van der Waals surface area contributed by atoms with Crippen LogP contribution in [0.25, 0.3) is 0 Å². The van der Waals surface area contributed by atoms with Crippen molar-refractivity contribution >= 4 is 21.9 Å². The molecule has 0 aliphatic heterocycles. The van der Waals surface area contributed by atoms with Crippen molar-refractivity contribution in [2.45, 2.75) is 38.5 Å². The summed E-state index contributed by atoms with van der Waals surface area (Å²) in [6, 6.07) is -0.992. The van der Waals surface area contributed by atoms with E-state index in [1.54, 1.807) is 0 Å². The number of carboxylic acid groups (broad SMARTS) is 1. The maximum absolute atomic E-state index is 11.5. The molecule has 0 aliphatic rings. The number of carbonyl (C=O) groups is 2. The second-order valence-electron chi connectivity index (χ2n) is 3.66. The molecule has 3 N–H and O–H groups in total. The number of hydrogen-bond donors (Lipinski definition) is 3. The Labute approximate surface area is 101 Å². The summed E-state index contributed by atoms with van der Waals surface area (Å²) in [6.07, 6.45) is 0.733. The van der Waals surface area contributed by atoms with Gasteiger partial charge in [0.05, 0.1) is 6.04 Å². The van der Waals surface area contributed by atoms with Gasteiger partial charge in [-0.15, -0.1) is 0 Å². The van der Waals surface area contributed by atoms with E-state index < -0.39 is 33.2 Å². The zero-order chi connectivity index (χ0) is 13.6. The molecular weight excluding hydrogens is 248 g/mol. The molecule has 17 heavy (non-hydrogen) atoms. The Balaban J connectivity index is 4.52. The summed E-state index contributed by atoms with van der Waals surface area (Å²) in [6.45, 7) is 4.71. The van der Waals surface area contributed by atoms with E-state index in [1.165, 1.54) is 6.92 Å². The first-order valence-corrected chi connectivity index (χ1v) is 6.78. The fraction of sp³-hybridized carbons (Fsp3) is 0.778. The van der Waals surface area contributed by atoms with Gasteiger partial charge in [-0.1, -0.05) is 6.92 Å². The van der Waals surface area contributed by atoms with Crippen molar-refractivity contribution < 1.29 is 23.1 Å². The minimum atomic E-state index is -4.04. The van der Waals surface area contributed by atoms with Crippen LogP contribution in [-0.4, -0.2) is 43.2 Å². The lowest BCUT2D eigenvalue weighted by atomic mass is 10.3. The van der Waals surface area contributed by atoms with E-state index in [4.69, 9.17) is 5.11 Å².